The van der Waals surface area contributed by atoms with Crippen molar-refractivity contribution in [1.29, 1.82) is 0 Å². The predicted octanol–water partition coefficient (Wildman–Crippen LogP) is 3.09. The first-order chi connectivity index (χ1) is 12.0. The summed E-state index contributed by atoms with van der Waals surface area (Å²) in [6.07, 6.45) is 0. The van der Waals surface area contributed by atoms with Gasteiger partial charge in [0.05, 0.1) is 26.3 Å². The van der Waals surface area contributed by atoms with E-state index in [-0.39, 0.29) is 41.1 Å². The van der Waals surface area contributed by atoms with Crippen molar-refractivity contribution in [2.75, 3.05) is 26.6 Å². The van der Waals surface area contributed by atoms with Gasteiger partial charge in [-0.15, -0.1) is 0 Å². The third-order valence-corrected chi connectivity index (χ3v) is 4.41. The van der Waals surface area contributed by atoms with E-state index in [2.05, 4.69) is 10.3 Å². The number of ether oxygens (including phenoxy) is 2. The standard InChI is InChI=1S/C17H17ClFN3O3/c1-20-16-14(19)11-8-22(17(23)13(11)15(18)21-16)7-9-4-5-10(24-2)6-12(9)25-3/h4-6H,7-8H2,1-3H3,(H,20,21). The molecule has 8 heteroatoms. The molecule has 0 spiro atoms. The average Bonchev–Trinajstić information content (AvgIpc) is 2.95. The van der Waals surface area contributed by atoms with Gasteiger partial charge in [0.1, 0.15) is 16.7 Å². The van der Waals surface area contributed by atoms with Gasteiger partial charge in [-0.2, -0.15) is 0 Å². The van der Waals surface area contributed by atoms with Crippen LogP contribution in [0, 0.1) is 5.82 Å². The summed E-state index contributed by atoms with van der Waals surface area (Å²) >= 11 is 6.08. The molecule has 6 nitrogen and oxygen atoms in total. The van der Waals surface area contributed by atoms with Crippen LogP contribution in [0.5, 0.6) is 11.5 Å². The highest BCUT2D eigenvalue weighted by Crippen LogP contribution is 2.35. The smallest absolute Gasteiger partial charge is 0.258 e. The largest absolute Gasteiger partial charge is 0.497 e. The number of fused-ring (bicyclic) bond motifs is 1. The van der Waals surface area contributed by atoms with E-state index in [1.807, 2.05) is 6.07 Å². The molecule has 0 radical (unpaired) electrons. The molecule has 0 saturated heterocycles. The third-order valence-electron chi connectivity index (χ3n) is 4.13. The number of hydrogen-bond acceptors (Lipinski definition) is 5. The van der Waals surface area contributed by atoms with Crippen LogP contribution in [-0.4, -0.2) is 37.1 Å². The third kappa shape index (κ3) is 2.95. The quantitative estimate of drug-likeness (QED) is 0.825. The lowest BCUT2D eigenvalue weighted by Gasteiger charge is -2.18. The molecule has 1 aliphatic rings. The number of nitrogens with zero attached hydrogens (tertiary/aromatic N) is 2. The molecule has 0 atom stereocenters. The molecule has 132 valence electrons. The second-order valence-corrected chi connectivity index (χ2v) is 5.87. The Bertz CT molecular complexity index is 844. The van der Waals surface area contributed by atoms with E-state index in [0.717, 1.165) is 5.56 Å². The molecule has 0 fully saturated rings. The van der Waals surface area contributed by atoms with Crippen molar-refractivity contribution in [1.82, 2.24) is 9.88 Å². The minimum absolute atomic E-state index is 0.00468. The summed E-state index contributed by atoms with van der Waals surface area (Å²) in [4.78, 5) is 18.1. The van der Waals surface area contributed by atoms with E-state index in [1.54, 1.807) is 33.4 Å². The molecule has 3 rings (SSSR count). The highest BCUT2D eigenvalue weighted by Gasteiger charge is 2.35. The Balaban J connectivity index is 1.93. The maximum absolute atomic E-state index is 14.5. The first-order valence-electron chi connectivity index (χ1n) is 7.56. The molecule has 2 aromatic rings. The van der Waals surface area contributed by atoms with E-state index >= 15 is 0 Å². The Morgan fingerprint density at radius 2 is 2.12 bits per heavy atom. The van der Waals surface area contributed by atoms with Gasteiger partial charge in [0.2, 0.25) is 0 Å². The average molecular weight is 366 g/mol. The van der Waals surface area contributed by atoms with E-state index < -0.39 is 5.82 Å². The number of aromatic nitrogens is 1. The molecule has 0 aliphatic carbocycles. The highest BCUT2D eigenvalue weighted by atomic mass is 35.5. The molecule has 0 unspecified atom stereocenters. The van der Waals surface area contributed by atoms with Gasteiger partial charge in [-0.05, 0) is 12.1 Å². The molecular formula is C17H17ClFN3O3. The van der Waals surface area contributed by atoms with Crippen molar-refractivity contribution in [2.45, 2.75) is 13.1 Å². The number of rotatable bonds is 5. The van der Waals surface area contributed by atoms with Crippen LogP contribution in [0.25, 0.3) is 0 Å². The summed E-state index contributed by atoms with van der Waals surface area (Å²) in [6, 6.07) is 5.32. The van der Waals surface area contributed by atoms with Gasteiger partial charge < -0.3 is 19.7 Å². The summed E-state index contributed by atoms with van der Waals surface area (Å²) in [6.45, 7) is 0.372. The molecule has 2 heterocycles. The van der Waals surface area contributed by atoms with Crippen molar-refractivity contribution in [2.24, 2.45) is 0 Å². The summed E-state index contributed by atoms with van der Waals surface area (Å²) in [5.41, 5.74) is 1.15. The Morgan fingerprint density at radius 1 is 1.36 bits per heavy atom. The minimum Gasteiger partial charge on any atom is -0.497 e. The fourth-order valence-corrected chi connectivity index (χ4v) is 3.13. The predicted molar refractivity (Wildman–Crippen MR) is 91.9 cm³/mol. The van der Waals surface area contributed by atoms with Gasteiger partial charge in [-0.25, -0.2) is 9.37 Å². The lowest BCUT2D eigenvalue weighted by atomic mass is 10.1. The maximum Gasteiger partial charge on any atom is 0.258 e. The number of pyridine rings is 1. The van der Waals surface area contributed by atoms with Crippen molar-refractivity contribution < 1.29 is 18.7 Å². The Hall–Kier alpha value is -2.54. The van der Waals surface area contributed by atoms with E-state index in [0.29, 0.717) is 11.5 Å². The second kappa shape index (κ2) is 6.76. The summed E-state index contributed by atoms with van der Waals surface area (Å²) in [7, 11) is 4.65. The molecule has 0 saturated carbocycles. The van der Waals surface area contributed by atoms with E-state index in [1.165, 1.54) is 4.90 Å². The number of anilines is 1. The highest BCUT2D eigenvalue weighted by molar-refractivity contribution is 6.33. The van der Waals surface area contributed by atoms with Crippen LogP contribution in [0.3, 0.4) is 0 Å². The zero-order valence-corrected chi connectivity index (χ0v) is 14.8. The van der Waals surface area contributed by atoms with Crippen LogP contribution in [0.1, 0.15) is 21.5 Å². The minimum atomic E-state index is -0.556. The number of amides is 1. The number of halogens is 2. The Kier molecular flexibility index (Phi) is 4.67. The SMILES string of the molecule is CNc1nc(Cl)c2c(c1F)CN(Cc1ccc(OC)cc1OC)C2=O. The molecule has 1 aromatic heterocycles. The van der Waals surface area contributed by atoms with Gasteiger partial charge >= 0.3 is 0 Å². The normalized spacial score (nSPS) is 13.0. The van der Waals surface area contributed by atoms with Crippen LogP contribution >= 0.6 is 11.6 Å². The second-order valence-electron chi connectivity index (χ2n) is 5.51. The number of hydrogen-bond donors (Lipinski definition) is 1. The van der Waals surface area contributed by atoms with Crippen molar-refractivity contribution in [3.63, 3.8) is 0 Å². The van der Waals surface area contributed by atoms with Gasteiger partial charge in [0.15, 0.2) is 11.6 Å². The molecular weight excluding hydrogens is 349 g/mol. The van der Waals surface area contributed by atoms with Crippen LogP contribution in [-0.2, 0) is 13.1 Å². The molecule has 0 bridgehead atoms. The van der Waals surface area contributed by atoms with E-state index in [4.69, 9.17) is 21.1 Å². The lowest BCUT2D eigenvalue weighted by molar-refractivity contribution is 0.0765. The van der Waals surface area contributed by atoms with E-state index in [9.17, 15) is 9.18 Å². The maximum atomic E-state index is 14.5. The van der Waals surface area contributed by atoms with Gasteiger partial charge in [0.25, 0.3) is 5.91 Å². The molecule has 1 N–H and O–H groups in total. The molecule has 1 amide bonds. The number of nitrogens with one attached hydrogen (secondary N) is 1. The fourth-order valence-electron chi connectivity index (χ4n) is 2.85. The zero-order chi connectivity index (χ0) is 18.1. The zero-order valence-electron chi connectivity index (χ0n) is 14.0. The summed E-state index contributed by atoms with van der Waals surface area (Å²) < 4.78 is 25.0. The number of carbonyl (C=O) groups is 1. The topological polar surface area (TPSA) is 63.7 Å². The molecule has 1 aromatic carbocycles. The number of carbonyl (C=O) groups excluding carboxylic acids is 1. The van der Waals surface area contributed by atoms with Crippen LogP contribution in [0.4, 0.5) is 10.2 Å². The van der Waals surface area contributed by atoms with Crippen LogP contribution in [0.15, 0.2) is 18.2 Å². The Morgan fingerprint density at radius 3 is 2.76 bits per heavy atom. The van der Waals surface area contributed by atoms with Crippen LogP contribution < -0.4 is 14.8 Å². The van der Waals surface area contributed by atoms with Gasteiger partial charge in [-0.1, -0.05) is 11.6 Å². The molecule has 1 aliphatic heterocycles. The summed E-state index contributed by atoms with van der Waals surface area (Å²) in [5.74, 6) is 0.351. The lowest BCUT2D eigenvalue weighted by Crippen LogP contribution is -2.23. The van der Waals surface area contributed by atoms with Gasteiger partial charge in [-0.3, -0.25) is 4.79 Å². The first-order valence-corrected chi connectivity index (χ1v) is 7.93. The Labute approximate surface area is 149 Å². The first kappa shape index (κ1) is 17.3. The van der Waals surface area contributed by atoms with Crippen molar-refractivity contribution in [3.05, 3.63) is 45.9 Å². The molecule has 25 heavy (non-hydrogen) atoms. The number of benzene rings is 1. The van der Waals surface area contributed by atoms with Crippen molar-refractivity contribution >= 4 is 23.3 Å². The van der Waals surface area contributed by atoms with Crippen LogP contribution in [0.2, 0.25) is 5.15 Å². The van der Waals surface area contributed by atoms with Crippen molar-refractivity contribution in [3.8, 4) is 11.5 Å². The van der Waals surface area contributed by atoms with Gasteiger partial charge in [0, 0.05) is 30.8 Å². The summed E-state index contributed by atoms with van der Waals surface area (Å²) in [5, 5.41) is 2.64. The fraction of sp³-hybridized carbons (Fsp3) is 0.294. The number of methoxy groups -OCH3 is 2. The monoisotopic (exact) mass is 365 g/mol.